The third-order valence-corrected chi connectivity index (χ3v) is 7.32. The second-order valence-electron chi connectivity index (χ2n) is 7.06. The fraction of sp³-hybridized carbons (Fsp3) is 0.286. The highest BCUT2D eigenvalue weighted by molar-refractivity contribution is 7.89. The highest BCUT2D eigenvalue weighted by atomic mass is 32.2. The number of nitrogens with one attached hydrogen (secondary N) is 1. The fourth-order valence-corrected chi connectivity index (χ4v) is 5.38. The summed E-state index contributed by atoms with van der Waals surface area (Å²) in [6, 6.07) is 16.6. The molecule has 1 fully saturated rings. The molecule has 2 heterocycles. The Labute approximate surface area is 165 Å². The summed E-state index contributed by atoms with van der Waals surface area (Å²) in [6.45, 7) is 5.03. The molecular formula is C21H22N4O2S. The number of rotatable bonds is 4. The molecular weight excluding hydrogens is 372 g/mol. The lowest BCUT2D eigenvalue weighted by Gasteiger charge is -2.34. The molecule has 144 valence electrons. The fourth-order valence-electron chi connectivity index (χ4n) is 3.81. The highest BCUT2D eigenvalue weighted by Gasteiger charge is 2.30. The first-order chi connectivity index (χ1) is 13.5. The van der Waals surface area contributed by atoms with Gasteiger partial charge in [-0.3, -0.25) is 4.90 Å². The van der Waals surface area contributed by atoms with E-state index in [2.05, 4.69) is 28.9 Å². The Hall–Kier alpha value is -2.66. The third kappa shape index (κ3) is 3.31. The van der Waals surface area contributed by atoms with Crippen molar-refractivity contribution in [2.75, 3.05) is 26.2 Å². The van der Waals surface area contributed by atoms with Gasteiger partial charge in [0, 0.05) is 49.3 Å². The minimum Gasteiger partial charge on any atom is -0.358 e. The number of H-pyrrole nitrogens is 1. The topological polar surface area (TPSA) is 80.2 Å². The van der Waals surface area contributed by atoms with Gasteiger partial charge in [0.05, 0.1) is 10.5 Å². The molecule has 1 aromatic heterocycles. The number of hydrogen-bond donors (Lipinski definition) is 1. The van der Waals surface area contributed by atoms with E-state index in [1.807, 2.05) is 18.2 Å². The maximum Gasteiger partial charge on any atom is 0.244 e. The zero-order valence-electron chi connectivity index (χ0n) is 15.7. The minimum atomic E-state index is -3.66. The van der Waals surface area contributed by atoms with Crippen LogP contribution in [0.5, 0.6) is 0 Å². The summed E-state index contributed by atoms with van der Waals surface area (Å²) in [6.07, 6.45) is 0. The predicted octanol–water partition coefficient (Wildman–Crippen LogP) is 2.85. The van der Waals surface area contributed by atoms with Crippen LogP contribution in [-0.2, 0) is 16.6 Å². The van der Waals surface area contributed by atoms with Crippen LogP contribution in [0, 0.1) is 18.3 Å². The molecule has 6 nitrogen and oxygen atoms in total. The molecule has 28 heavy (non-hydrogen) atoms. The van der Waals surface area contributed by atoms with Crippen LogP contribution in [0.2, 0.25) is 0 Å². The van der Waals surface area contributed by atoms with Crippen molar-refractivity contribution in [3.8, 4) is 6.07 Å². The molecule has 1 saturated heterocycles. The summed E-state index contributed by atoms with van der Waals surface area (Å²) in [5.74, 6) is 0. The standard InChI is InChI=1S/C21H22N4O2S/c1-16-19(18-7-3-4-8-20(18)23-16)15-24-10-12-25(13-11-24)28(26,27)21-9-5-2-6-17(21)14-22/h2-9,23H,10-13,15H2,1H3. The van der Waals surface area contributed by atoms with Crippen molar-refractivity contribution in [2.24, 2.45) is 0 Å². The Balaban J connectivity index is 1.49. The van der Waals surface area contributed by atoms with Crippen molar-refractivity contribution in [1.82, 2.24) is 14.2 Å². The smallest absolute Gasteiger partial charge is 0.244 e. The molecule has 0 radical (unpaired) electrons. The van der Waals surface area contributed by atoms with Crippen LogP contribution in [0.25, 0.3) is 10.9 Å². The van der Waals surface area contributed by atoms with Crippen LogP contribution in [0.4, 0.5) is 0 Å². The summed E-state index contributed by atoms with van der Waals surface area (Å²) in [5, 5.41) is 10.5. The van der Waals surface area contributed by atoms with Gasteiger partial charge in [-0.15, -0.1) is 0 Å². The normalized spacial score (nSPS) is 16.3. The van der Waals surface area contributed by atoms with E-state index in [0.717, 1.165) is 17.8 Å². The van der Waals surface area contributed by atoms with Crippen LogP contribution >= 0.6 is 0 Å². The van der Waals surface area contributed by atoms with Crippen molar-refractivity contribution >= 4 is 20.9 Å². The van der Waals surface area contributed by atoms with E-state index in [9.17, 15) is 13.7 Å². The second kappa shape index (κ2) is 7.40. The number of hydrogen-bond acceptors (Lipinski definition) is 4. The summed E-state index contributed by atoms with van der Waals surface area (Å²) in [4.78, 5) is 5.80. The number of benzene rings is 2. The Morgan fingerprint density at radius 2 is 1.71 bits per heavy atom. The lowest BCUT2D eigenvalue weighted by atomic mass is 10.1. The van der Waals surface area contributed by atoms with E-state index in [-0.39, 0.29) is 10.5 Å². The van der Waals surface area contributed by atoms with Gasteiger partial charge in [-0.25, -0.2) is 8.42 Å². The molecule has 1 N–H and O–H groups in total. The molecule has 0 amide bonds. The van der Waals surface area contributed by atoms with Gasteiger partial charge in [-0.05, 0) is 30.7 Å². The molecule has 0 unspecified atom stereocenters. The van der Waals surface area contributed by atoms with Gasteiger partial charge in [-0.1, -0.05) is 30.3 Å². The molecule has 4 rings (SSSR count). The maximum atomic E-state index is 13.0. The number of para-hydroxylation sites is 1. The Morgan fingerprint density at radius 3 is 2.46 bits per heavy atom. The number of aromatic amines is 1. The minimum absolute atomic E-state index is 0.0958. The number of sulfonamides is 1. The number of fused-ring (bicyclic) bond motifs is 1. The lowest BCUT2D eigenvalue weighted by molar-refractivity contribution is 0.182. The van der Waals surface area contributed by atoms with E-state index in [1.54, 1.807) is 18.2 Å². The Kier molecular flexibility index (Phi) is 4.94. The summed E-state index contributed by atoms with van der Waals surface area (Å²) in [7, 11) is -3.66. The van der Waals surface area contributed by atoms with Crippen molar-refractivity contribution in [1.29, 1.82) is 5.26 Å². The molecule has 0 aliphatic carbocycles. The molecule has 2 aromatic carbocycles. The van der Waals surface area contributed by atoms with Crippen molar-refractivity contribution in [3.05, 3.63) is 65.4 Å². The van der Waals surface area contributed by atoms with Gasteiger partial charge < -0.3 is 4.98 Å². The summed E-state index contributed by atoms with van der Waals surface area (Å²) in [5.41, 5.74) is 3.74. The second-order valence-corrected chi connectivity index (χ2v) is 8.97. The average Bonchev–Trinajstić information content (AvgIpc) is 3.03. The first kappa shape index (κ1) is 18.7. The van der Waals surface area contributed by atoms with Gasteiger partial charge >= 0.3 is 0 Å². The van der Waals surface area contributed by atoms with E-state index in [0.29, 0.717) is 26.2 Å². The molecule has 0 atom stereocenters. The van der Waals surface area contributed by atoms with Gasteiger partial charge in [-0.2, -0.15) is 9.57 Å². The van der Waals surface area contributed by atoms with Crippen LogP contribution in [0.3, 0.4) is 0 Å². The maximum absolute atomic E-state index is 13.0. The predicted molar refractivity (Wildman–Crippen MR) is 108 cm³/mol. The van der Waals surface area contributed by atoms with Gasteiger partial charge in [0.25, 0.3) is 0 Å². The van der Waals surface area contributed by atoms with E-state index >= 15 is 0 Å². The van der Waals surface area contributed by atoms with Gasteiger partial charge in [0.1, 0.15) is 6.07 Å². The quantitative estimate of drug-likeness (QED) is 0.738. The van der Waals surface area contributed by atoms with Crippen molar-refractivity contribution < 1.29 is 8.42 Å². The SMILES string of the molecule is Cc1[nH]c2ccccc2c1CN1CCN(S(=O)(=O)c2ccccc2C#N)CC1. The molecule has 1 aliphatic heterocycles. The number of aryl methyl sites for hydroxylation is 1. The Morgan fingerprint density at radius 1 is 1.04 bits per heavy atom. The number of nitrogens with zero attached hydrogens (tertiary/aromatic N) is 3. The summed E-state index contributed by atoms with van der Waals surface area (Å²) < 4.78 is 27.4. The lowest BCUT2D eigenvalue weighted by Crippen LogP contribution is -2.48. The van der Waals surface area contributed by atoms with E-state index in [4.69, 9.17) is 0 Å². The van der Waals surface area contributed by atoms with Crippen molar-refractivity contribution in [3.63, 3.8) is 0 Å². The summed E-state index contributed by atoms with van der Waals surface area (Å²) >= 11 is 0. The number of nitriles is 1. The van der Waals surface area contributed by atoms with Crippen LogP contribution in [0.15, 0.2) is 53.4 Å². The molecule has 0 spiro atoms. The zero-order valence-corrected chi connectivity index (χ0v) is 16.5. The van der Waals surface area contributed by atoms with Crippen LogP contribution in [0.1, 0.15) is 16.8 Å². The van der Waals surface area contributed by atoms with Crippen LogP contribution in [-0.4, -0.2) is 48.8 Å². The zero-order chi connectivity index (χ0) is 19.7. The molecule has 0 bridgehead atoms. The highest BCUT2D eigenvalue weighted by Crippen LogP contribution is 2.25. The first-order valence-electron chi connectivity index (χ1n) is 9.28. The van der Waals surface area contributed by atoms with Gasteiger partial charge in [0.15, 0.2) is 0 Å². The number of aromatic nitrogens is 1. The van der Waals surface area contributed by atoms with E-state index in [1.165, 1.54) is 21.3 Å². The average molecular weight is 395 g/mol. The van der Waals surface area contributed by atoms with Crippen LogP contribution < -0.4 is 0 Å². The molecule has 0 saturated carbocycles. The third-order valence-electron chi connectivity index (χ3n) is 5.37. The largest absolute Gasteiger partial charge is 0.358 e. The Bertz CT molecular complexity index is 1150. The monoisotopic (exact) mass is 394 g/mol. The van der Waals surface area contributed by atoms with E-state index < -0.39 is 10.0 Å². The van der Waals surface area contributed by atoms with Crippen molar-refractivity contribution in [2.45, 2.75) is 18.4 Å². The molecule has 3 aromatic rings. The number of piperazine rings is 1. The molecule has 7 heteroatoms. The molecule has 1 aliphatic rings. The first-order valence-corrected chi connectivity index (χ1v) is 10.7. The van der Waals surface area contributed by atoms with Gasteiger partial charge in [0.2, 0.25) is 10.0 Å².